The number of allylic oxidation sites excluding steroid dienone is 2. The number of carbonyl (C=O) groups is 3. The molecule has 5 rings (SSSR count). The molecule has 1 saturated carbocycles. The molecule has 156 valence electrons. The quantitative estimate of drug-likeness (QED) is 0.258. The Hall–Kier alpha value is -4.01. The van der Waals surface area contributed by atoms with Crippen LogP contribution in [0.3, 0.4) is 0 Å². The Morgan fingerprint density at radius 2 is 1.65 bits per heavy atom. The van der Waals surface area contributed by atoms with Gasteiger partial charge in [-0.2, -0.15) is 0 Å². The number of anilines is 2. The minimum atomic E-state index is -0.634. The highest BCUT2D eigenvalue weighted by molar-refractivity contribution is 6.23. The Labute approximate surface area is 176 Å². The molecular weight excluding hydrogens is 402 g/mol. The summed E-state index contributed by atoms with van der Waals surface area (Å²) in [5, 5.41) is 23.2. The molecule has 2 fully saturated rings. The molecule has 9 nitrogen and oxygen atoms in total. The van der Waals surface area contributed by atoms with Gasteiger partial charge in [0.1, 0.15) is 5.75 Å². The maximum atomic E-state index is 12.9. The zero-order valence-electron chi connectivity index (χ0n) is 16.1. The zero-order valence-corrected chi connectivity index (χ0v) is 16.1. The smallest absolute Gasteiger partial charge is 0.271 e. The first kappa shape index (κ1) is 19.0. The average molecular weight is 419 g/mol. The summed E-state index contributed by atoms with van der Waals surface area (Å²) in [6, 6.07) is 9.27. The molecule has 2 aromatic carbocycles. The minimum absolute atomic E-state index is 0.0935. The number of carbonyl (C=O) groups excluding carboxylic acids is 3. The van der Waals surface area contributed by atoms with Crippen LogP contribution in [0, 0.1) is 33.8 Å². The topological polar surface area (TPSA) is 130 Å². The molecule has 1 aliphatic heterocycles. The molecule has 3 aliphatic rings. The van der Waals surface area contributed by atoms with Crippen molar-refractivity contribution in [2.75, 3.05) is 10.2 Å². The summed E-state index contributed by atoms with van der Waals surface area (Å²) >= 11 is 0. The summed E-state index contributed by atoms with van der Waals surface area (Å²) in [5.41, 5.74) is 0.238. The maximum Gasteiger partial charge on any atom is 0.271 e. The molecule has 9 heteroatoms. The van der Waals surface area contributed by atoms with Gasteiger partial charge in [-0.25, -0.2) is 0 Å². The van der Waals surface area contributed by atoms with Gasteiger partial charge in [0.15, 0.2) is 0 Å². The molecule has 0 radical (unpaired) electrons. The largest absolute Gasteiger partial charge is 0.506 e. The van der Waals surface area contributed by atoms with Crippen LogP contribution < -0.4 is 10.2 Å². The second-order valence-corrected chi connectivity index (χ2v) is 7.97. The lowest BCUT2D eigenvalue weighted by Crippen LogP contribution is -2.32. The lowest BCUT2D eigenvalue weighted by Gasteiger charge is -2.17. The Morgan fingerprint density at radius 1 is 1.03 bits per heavy atom. The van der Waals surface area contributed by atoms with E-state index in [4.69, 9.17) is 0 Å². The first-order valence-corrected chi connectivity index (χ1v) is 9.80. The zero-order chi connectivity index (χ0) is 21.9. The summed E-state index contributed by atoms with van der Waals surface area (Å²) in [6.07, 6.45) is 4.90. The van der Waals surface area contributed by atoms with Crippen molar-refractivity contribution < 1.29 is 24.4 Å². The summed E-state index contributed by atoms with van der Waals surface area (Å²) in [5.74, 6) is -1.69. The fourth-order valence-electron chi connectivity index (χ4n) is 4.85. The Kier molecular flexibility index (Phi) is 4.14. The minimum Gasteiger partial charge on any atom is -0.506 e. The van der Waals surface area contributed by atoms with Crippen LogP contribution in [0.15, 0.2) is 54.6 Å². The van der Waals surface area contributed by atoms with Crippen LogP contribution in [0.25, 0.3) is 0 Å². The van der Waals surface area contributed by atoms with Crippen LogP contribution in [0.1, 0.15) is 16.8 Å². The summed E-state index contributed by atoms with van der Waals surface area (Å²) in [4.78, 5) is 49.7. The number of imide groups is 1. The Bertz CT molecular complexity index is 1140. The standard InChI is InChI=1S/C22H17N3O6/c26-17-8-7-15(25(30)31)10-16(17)23-20(27)11-3-5-14(6-4-11)24-21(28)18-12-1-2-13(9-12)19(18)22(24)29/h1-8,10,12-13,18-19,26H,9H2,(H,23,27)/t12-,13+,18-,19-/m0/s1. The van der Waals surface area contributed by atoms with Crippen LogP contribution in [-0.4, -0.2) is 27.8 Å². The van der Waals surface area contributed by atoms with E-state index in [2.05, 4.69) is 5.32 Å². The fourth-order valence-corrected chi connectivity index (χ4v) is 4.85. The fraction of sp³-hybridized carbons (Fsp3) is 0.227. The van der Waals surface area contributed by atoms with Crippen LogP contribution in [0.2, 0.25) is 0 Å². The highest BCUT2D eigenvalue weighted by atomic mass is 16.6. The first-order chi connectivity index (χ1) is 14.8. The van der Waals surface area contributed by atoms with E-state index in [0.717, 1.165) is 24.6 Å². The van der Waals surface area contributed by atoms with E-state index >= 15 is 0 Å². The predicted octanol–water partition coefficient (Wildman–Crippen LogP) is 2.86. The molecule has 2 bridgehead atoms. The van der Waals surface area contributed by atoms with E-state index < -0.39 is 10.8 Å². The molecule has 0 spiro atoms. The molecule has 0 unspecified atom stereocenters. The van der Waals surface area contributed by atoms with E-state index in [1.165, 1.54) is 29.2 Å². The lowest BCUT2D eigenvalue weighted by atomic mass is 9.85. The van der Waals surface area contributed by atoms with Gasteiger partial charge < -0.3 is 10.4 Å². The number of benzene rings is 2. The van der Waals surface area contributed by atoms with Gasteiger partial charge in [0, 0.05) is 17.7 Å². The van der Waals surface area contributed by atoms with Crippen molar-refractivity contribution in [2.45, 2.75) is 6.42 Å². The van der Waals surface area contributed by atoms with Crippen LogP contribution in [-0.2, 0) is 9.59 Å². The van der Waals surface area contributed by atoms with Gasteiger partial charge >= 0.3 is 0 Å². The molecule has 4 atom stereocenters. The van der Waals surface area contributed by atoms with E-state index in [9.17, 15) is 29.6 Å². The lowest BCUT2D eigenvalue weighted by molar-refractivity contribution is -0.384. The molecule has 2 aromatic rings. The summed E-state index contributed by atoms with van der Waals surface area (Å²) < 4.78 is 0. The number of nitrogens with zero attached hydrogens (tertiary/aromatic N) is 2. The Balaban J connectivity index is 1.35. The van der Waals surface area contributed by atoms with Crippen molar-refractivity contribution in [3.8, 4) is 5.75 Å². The number of phenols is 1. The van der Waals surface area contributed by atoms with Crippen molar-refractivity contribution in [3.63, 3.8) is 0 Å². The van der Waals surface area contributed by atoms with E-state index in [-0.39, 0.29) is 58.2 Å². The highest BCUT2D eigenvalue weighted by Crippen LogP contribution is 2.53. The maximum absolute atomic E-state index is 12.9. The number of nitro groups is 1. The number of non-ortho nitro benzene ring substituents is 1. The monoisotopic (exact) mass is 419 g/mol. The van der Waals surface area contributed by atoms with Gasteiger partial charge in [0.25, 0.3) is 11.6 Å². The van der Waals surface area contributed by atoms with Crippen molar-refractivity contribution in [3.05, 3.63) is 70.3 Å². The molecule has 2 aliphatic carbocycles. The normalized spacial score (nSPS) is 25.7. The van der Waals surface area contributed by atoms with Gasteiger partial charge in [-0.3, -0.25) is 29.4 Å². The van der Waals surface area contributed by atoms with E-state index in [1.54, 1.807) is 0 Å². The molecule has 3 amide bonds. The molecule has 0 aromatic heterocycles. The van der Waals surface area contributed by atoms with Gasteiger partial charge in [-0.15, -0.1) is 0 Å². The van der Waals surface area contributed by atoms with Crippen molar-refractivity contribution in [2.24, 2.45) is 23.7 Å². The van der Waals surface area contributed by atoms with Gasteiger partial charge in [-0.1, -0.05) is 12.2 Å². The number of hydrogen-bond donors (Lipinski definition) is 2. The highest BCUT2D eigenvalue weighted by Gasteiger charge is 2.59. The Morgan fingerprint density at radius 3 is 2.23 bits per heavy atom. The number of amides is 3. The third kappa shape index (κ3) is 2.89. The molecule has 31 heavy (non-hydrogen) atoms. The third-order valence-electron chi connectivity index (χ3n) is 6.30. The number of fused-ring (bicyclic) bond motifs is 5. The van der Waals surface area contributed by atoms with Crippen LogP contribution in [0.4, 0.5) is 17.1 Å². The van der Waals surface area contributed by atoms with Crippen molar-refractivity contribution >= 4 is 34.8 Å². The molecular formula is C22H17N3O6. The van der Waals surface area contributed by atoms with Gasteiger partial charge in [0.05, 0.1) is 28.1 Å². The number of nitrogens with one attached hydrogen (secondary N) is 1. The summed E-state index contributed by atoms with van der Waals surface area (Å²) in [7, 11) is 0. The number of phenolic OH excluding ortho intramolecular Hbond substituents is 1. The van der Waals surface area contributed by atoms with Crippen molar-refractivity contribution in [1.82, 2.24) is 0 Å². The number of rotatable bonds is 4. The van der Waals surface area contributed by atoms with Gasteiger partial charge in [-0.05, 0) is 48.6 Å². The number of nitro benzene ring substituents is 1. The number of aromatic hydroxyl groups is 1. The third-order valence-corrected chi connectivity index (χ3v) is 6.30. The molecule has 2 N–H and O–H groups in total. The number of hydrogen-bond acceptors (Lipinski definition) is 6. The SMILES string of the molecule is O=C(Nc1cc([N+](=O)[O-])ccc1O)c1ccc(N2C(=O)[C@@H]3[C@@H](C2=O)[C@H]2C=C[C@@H]3C2)cc1. The van der Waals surface area contributed by atoms with Crippen LogP contribution in [0.5, 0.6) is 5.75 Å². The second-order valence-electron chi connectivity index (χ2n) is 7.97. The predicted molar refractivity (Wildman–Crippen MR) is 109 cm³/mol. The molecule has 1 saturated heterocycles. The molecule has 1 heterocycles. The van der Waals surface area contributed by atoms with Crippen LogP contribution >= 0.6 is 0 Å². The second kappa shape index (κ2) is 6.76. The van der Waals surface area contributed by atoms with E-state index in [0.29, 0.717) is 5.69 Å². The van der Waals surface area contributed by atoms with Gasteiger partial charge in [0.2, 0.25) is 11.8 Å². The van der Waals surface area contributed by atoms with E-state index in [1.807, 2.05) is 12.2 Å². The van der Waals surface area contributed by atoms with Crippen molar-refractivity contribution in [1.29, 1.82) is 0 Å². The first-order valence-electron chi connectivity index (χ1n) is 9.80. The average Bonchev–Trinajstić information content (AvgIpc) is 3.43. The summed E-state index contributed by atoms with van der Waals surface area (Å²) in [6.45, 7) is 0.